The zero-order valence-corrected chi connectivity index (χ0v) is 18.7. The van der Waals surface area contributed by atoms with Crippen molar-refractivity contribution in [2.75, 3.05) is 46.1 Å². The third-order valence-corrected chi connectivity index (χ3v) is 4.59. The molecule has 1 aliphatic rings. The molecule has 0 aromatic heterocycles. The maximum Gasteiger partial charge on any atom is 0.191 e. The van der Waals surface area contributed by atoms with Crippen LogP contribution in [0.3, 0.4) is 0 Å². The molecule has 0 aromatic rings. The first-order valence-corrected chi connectivity index (χ1v) is 9.39. The molecular formula is C18H38IN3O3. The number of hydrogen-bond acceptors (Lipinski definition) is 4. The molecule has 1 fully saturated rings. The number of halogens is 1. The molecule has 0 amide bonds. The van der Waals surface area contributed by atoms with Crippen LogP contribution in [0.4, 0.5) is 0 Å². The number of nitrogens with zero attached hydrogens (tertiary/aromatic N) is 1. The molecule has 150 valence electrons. The van der Waals surface area contributed by atoms with Gasteiger partial charge < -0.3 is 25.2 Å². The molecule has 1 aliphatic heterocycles. The second kappa shape index (κ2) is 14.0. The average Bonchev–Trinajstić information content (AvgIpc) is 3.01. The highest BCUT2D eigenvalue weighted by atomic mass is 127. The van der Waals surface area contributed by atoms with E-state index in [1.165, 1.54) is 0 Å². The molecule has 7 heteroatoms. The van der Waals surface area contributed by atoms with Crippen molar-refractivity contribution in [1.29, 1.82) is 0 Å². The van der Waals surface area contributed by atoms with Gasteiger partial charge in [-0.1, -0.05) is 13.8 Å². The Kier molecular flexibility index (Phi) is 13.9. The molecule has 0 bridgehead atoms. The van der Waals surface area contributed by atoms with Crippen molar-refractivity contribution < 1.29 is 14.6 Å². The van der Waals surface area contributed by atoms with Crippen molar-refractivity contribution in [3.8, 4) is 0 Å². The molecular weight excluding hydrogens is 433 g/mol. The molecule has 6 nitrogen and oxygen atoms in total. The molecule has 1 rings (SSSR count). The number of nitrogens with one attached hydrogen (secondary N) is 2. The van der Waals surface area contributed by atoms with Gasteiger partial charge >= 0.3 is 0 Å². The summed E-state index contributed by atoms with van der Waals surface area (Å²) in [6.45, 7) is 13.2. The number of rotatable bonds is 11. The summed E-state index contributed by atoms with van der Waals surface area (Å²) in [5, 5.41) is 16.0. The Bertz CT molecular complexity index is 361. The summed E-state index contributed by atoms with van der Waals surface area (Å²) in [5.41, 5.74) is -0.0110. The average molecular weight is 471 g/mol. The number of ether oxygens (including phenoxy) is 2. The van der Waals surface area contributed by atoms with Crippen LogP contribution in [0, 0.1) is 11.3 Å². The fraction of sp³-hybridized carbons (Fsp3) is 0.944. The number of guanidine groups is 1. The van der Waals surface area contributed by atoms with Gasteiger partial charge in [-0.3, -0.25) is 4.99 Å². The lowest BCUT2D eigenvalue weighted by molar-refractivity contribution is 0.0258. The van der Waals surface area contributed by atoms with Gasteiger partial charge in [0.1, 0.15) is 0 Å². The Morgan fingerprint density at radius 3 is 2.60 bits per heavy atom. The summed E-state index contributed by atoms with van der Waals surface area (Å²) < 4.78 is 11.3. The normalized spacial score (nSPS) is 21.9. The lowest BCUT2D eigenvalue weighted by Gasteiger charge is -2.25. The Balaban J connectivity index is 0.00000576. The summed E-state index contributed by atoms with van der Waals surface area (Å²) in [7, 11) is 0. The van der Waals surface area contributed by atoms with Crippen LogP contribution in [0.15, 0.2) is 4.99 Å². The van der Waals surface area contributed by atoms with Crippen molar-refractivity contribution in [3.63, 3.8) is 0 Å². The molecule has 2 atom stereocenters. The Hall–Kier alpha value is -0.120. The van der Waals surface area contributed by atoms with Crippen LogP contribution in [-0.4, -0.2) is 63.2 Å². The Morgan fingerprint density at radius 1 is 1.32 bits per heavy atom. The zero-order valence-electron chi connectivity index (χ0n) is 16.3. The molecule has 0 spiro atoms. The topological polar surface area (TPSA) is 75.1 Å². The second-order valence-electron chi connectivity index (χ2n) is 6.92. The van der Waals surface area contributed by atoms with Crippen LogP contribution in [0.1, 0.15) is 47.0 Å². The molecule has 2 unspecified atom stereocenters. The summed E-state index contributed by atoms with van der Waals surface area (Å²) >= 11 is 0. The largest absolute Gasteiger partial charge is 0.396 e. The number of hydrogen-bond donors (Lipinski definition) is 3. The van der Waals surface area contributed by atoms with E-state index in [1.807, 2.05) is 6.92 Å². The highest BCUT2D eigenvalue weighted by Crippen LogP contribution is 2.32. The van der Waals surface area contributed by atoms with E-state index < -0.39 is 0 Å². The van der Waals surface area contributed by atoms with E-state index in [2.05, 4.69) is 31.4 Å². The van der Waals surface area contributed by atoms with Crippen LogP contribution >= 0.6 is 24.0 Å². The van der Waals surface area contributed by atoms with Crippen LogP contribution in [0.25, 0.3) is 0 Å². The van der Waals surface area contributed by atoms with Gasteiger partial charge in [0.05, 0.1) is 19.3 Å². The van der Waals surface area contributed by atoms with Gasteiger partial charge in [0.25, 0.3) is 0 Å². The maximum atomic E-state index is 9.32. The minimum atomic E-state index is -0.0110. The molecule has 1 heterocycles. The van der Waals surface area contributed by atoms with Crippen molar-refractivity contribution in [1.82, 2.24) is 10.6 Å². The molecule has 3 N–H and O–H groups in total. The molecule has 0 aromatic carbocycles. The fourth-order valence-corrected chi connectivity index (χ4v) is 3.03. The third-order valence-electron chi connectivity index (χ3n) is 4.59. The fourth-order valence-electron chi connectivity index (χ4n) is 3.03. The van der Waals surface area contributed by atoms with E-state index in [-0.39, 0.29) is 42.1 Å². The minimum Gasteiger partial charge on any atom is -0.396 e. The second-order valence-corrected chi connectivity index (χ2v) is 6.92. The van der Waals surface area contributed by atoms with E-state index in [0.29, 0.717) is 19.1 Å². The van der Waals surface area contributed by atoms with Gasteiger partial charge in [-0.2, -0.15) is 0 Å². The van der Waals surface area contributed by atoms with Gasteiger partial charge in [0.15, 0.2) is 5.96 Å². The number of aliphatic hydroxyl groups excluding tert-OH is 1. The smallest absolute Gasteiger partial charge is 0.191 e. The van der Waals surface area contributed by atoms with Gasteiger partial charge in [-0.15, -0.1) is 24.0 Å². The van der Waals surface area contributed by atoms with Crippen LogP contribution < -0.4 is 10.6 Å². The quantitative estimate of drug-likeness (QED) is 0.245. The molecule has 0 saturated carbocycles. The van der Waals surface area contributed by atoms with Crippen LogP contribution in [0.2, 0.25) is 0 Å². The van der Waals surface area contributed by atoms with Crippen molar-refractivity contribution in [2.24, 2.45) is 16.3 Å². The number of aliphatic imine (C=N–C) groups is 1. The van der Waals surface area contributed by atoms with Gasteiger partial charge in [-0.25, -0.2) is 0 Å². The SMILES string of the molecule is CCNC(=NCC1(CCO)CCOC1)NCCC(OCC)C(C)C.I. The Morgan fingerprint density at radius 2 is 2.08 bits per heavy atom. The van der Waals surface area contributed by atoms with Gasteiger partial charge in [-0.05, 0) is 39.0 Å². The van der Waals surface area contributed by atoms with Crippen LogP contribution in [-0.2, 0) is 9.47 Å². The van der Waals surface area contributed by atoms with E-state index in [9.17, 15) is 5.11 Å². The first-order valence-electron chi connectivity index (χ1n) is 9.39. The van der Waals surface area contributed by atoms with Crippen molar-refractivity contribution >= 4 is 29.9 Å². The predicted molar refractivity (Wildman–Crippen MR) is 114 cm³/mol. The molecule has 0 aliphatic carbocycles. The zero-order chi connectivity index (χ0) is 17.8. The number of aliphatic hydroxyl groups is 1. The third kappa shape index (κ3) is 9.40. The highest BCUT2D eigenvalue weighted by molar-refractivity contribution is 14.0. The molecule has 25 heavy (non-hydrogen) atoms. The van der Waals surface area contributed by atoms with Gasteiger partial charge in [0, 0.05) is 38.3 Å². The van der Waals surface area contributed by atoms with E-state index >= 15 is 0 Å². The predicted octanol–water partition coefficient (Wildman–Crippen LogP) is 2.40. The summed E-state index contributed by atoms with van der Waals surface area (Å²) in [5.74, 6) is 1.34. The van der Waals surface area contributed by atoms with E-state index in [4.69, 9.17) is 14.5 Å². The first kappa shape index (κ1) is 24.9. The van der Waals surface area contributed by atoms with E-state index in [0.717, 1.165) is 51.5 Å². The van der Waals surface area contributed by atoms with Crippen LogP contribution in [0.5, 0.6) is 0 Å². The Labute approximate surface area is 170 Å². The summed E-state index contributed by atoms with van der Waals surface area (Å²) in [6, 6.07) is 0. The standard InChI is InChI=1S/C18H37N3O3.HI/c1-5-19-17(20-10-7-16(15(3)4)24-6-2)21-13-18(8-11-22)9-12-23-14-18;/h15-16,22H,5-14H2,1-4H3,(H2,19,20,21);1H. The van der Waals surface area contributed by atoms with E-state index in [1.54, 1.807) is 0 Å². The summed E-state index contributed by atoms with van der Waals surface area (Å²) in [6.07, 6.45) is 2.95. The first-order chi connectivity index (χ1) is 11.6. The lowest BCUT2D eigenvalue weighted by Crippen LogP contribution is -2.40. The van der Waals surface area contributed by atoms with Gasteiger partial charge in [0.2, 0.25) is 0 Å². The lowest BCUT2D eigenvalue weighted by atomic mass is 9.84. The molecule has 1 saturated heterocycles. The highest BCUT2D eigenvalue weighted by Gasteiger charge is 2.34. The summed E-state index contributed by atoms with van der Waals surface area (Å²) in [4.78, 5) is 4.74. The monoisotopic (exact) mass is 471 g/mol. The van der Waals surface area contributed by atoms with Crippen molar-refractivity contribution in [2.45, 2.75) is 53.1 Å². The molecule has 0 radical (unpaired) electrons. The van der Waals surface area contributed by atoms with Crippen molar-refractivity contribution in [3.05, 3.63) is 0 Å². The maximum absolute atomic E-state index is 9.32. The minimum absolute atomic E-state index is 0.